The number of aromatic nitrogens is 1. The summed E-state index contributed by atoms with van der Waals surface area (Å²) in [4.78, 5) is 15.3. The summed E-state index contributed by atoms with van der Waals surface area (Å²) in [6.07, 6.45) is 3.97. The SMILES string of the molecule is CC(Cc1cccc(Br)c1)Nc1ccncc1C(N)=O. The van der Waals surface area contributed by atoms with Gasteiger partial charge in [0.15, 0.2) is 0 Å². The Morgan fingerprint density at radius 2 is 2.25 bits per heavy atom. The van der Waals surface area contributed by atoms with E-state index in [2.05, 4.69) is 45.3 Å². The fourth-order valence-corrected chi connectivity index (χ4v) is 2.50. The van der Waals surface area contributed by atoms with E-state index < -0.39 is 5.91 Å². The lowest BCUT2D eigenvalue weighted by Crippen LogP contribution is -2.21. The number of hydrogen-bond acceptors (Lipinski definition) is 3. The van der Waals surface area contributed by atoms with Gasteiger partial charge in [0.25, 0.3) is 5.91 Å². The Balaban J connectivity index is 2.08. The number of hydrogen-bond donors (Lipinski definition) is 2. The minimum atomic E-state index is -0.477. The van der Waals surface area contributed by atoms with Crippen molar-refractivity contribution in [1.82, 2.24) is 4.98 Å². The topological polar surface area (TPSA) is 68.0 Å². The maximum Gasteiger partial charge on any atom is 0.252 e. The Labute approximate surface area is 126 Å². The van der Waals surface area contributed by atoms with E-state index in [1.54, 1.807) is 12.3 Å². The van der Waals surface area contributed by atoms with Gasteiger partial charge in [0, 0.05) is 22.9 Å². The number of pyridine rings is 1. The number of benzene rings is 1. The molecule has 0 saturated heterocycles. The van der Waals surface area contributed by atoms with Gasteiger partial charge >= 0.3 is 0 Å². The molecule has 1 heterocycles. The van der Waals surface area contributed by atoms with Crippen molar-refractivity contribution < 1.29 is 4.79 Å². The Bertz CT molecular complexity index is 616. The average molecular weight is 334 g/mol. The highest BCUT2D eigenvalue weighted by molar-refractivity contribution is 9.10. The predicted molar refractivity (Wildman–Crippen MR) is 83.7 cm³/mol. The van der Waals surface area contributed by atoms with E-state index in [1.165, 1.54) is 11.8 Å². The van der Waals surface area contributed by atoms with Gasteiger partial charge in [0.2, 0.25) is 0 Å². The molecule has 20 heavy (non-hydrogen) atoms. The molecule has 3 N–H and O–H groups in total. The molecular weight excluding hydrogens is 318 g/mol. The molecule has 0 spiro atoms. The third-order valence-corrected chi connectivity index (χ3v) is 3.41. The van der Waals surface area contributed by atoms with Gasteiger partial charge in [-0.25, -0.2) is 0 Å². The van der Waals surface area contributed by atoms with Gasteiger partial charge in [0.05, 0.1) is 11.3 Å². The van der Waals surface area contributed by atoms with Crippen LogP contribution in [0.5, 0.6) is 0 Å². The van der Waals surface area contributed by atoms with E-state index in [0.717, 1.165) is 16.6 Å². The predicted octanol–water partition coefficient (Wildman–Crippen LogP) is 2.99. The van der Waals surface area contributed by atoms with Crippen molar-refractivity contribution in [3.63, 3.8) is 0 Å². The van der Waals surface area contributed by atoms with Crippen LogP contribution < -0.4 is 11.1 Å². The molecule has 0 fully saturated rings. The normalized spacial score (nSPS) is 11.9. The van der Waals surface area contributed by atoms with E-state index in [9.17, 15) is 4.79 Å². The zero-order valence-electron chi connectivity index (χ0n) is 11.1. The second-order valence-electron chi connectivity index (χ2n) is 4.66. The molecule has 1 aromatic carbocycles. The Morgan fingerprint density at radius 3 is 2.95 bits per heavy atom. The number of nitrogens with zero attached hydrogens (tertiary/aromatic N) is 1. The van der Waals surface area contributed by atoms with Crippen LogP contribution in [0.25, 0.3) is 0 Å². The number of anilines is 1. The van der Waals surface area contributed by atoms with Gasteiger partial charge in [-0.2, -0.15) is 0 Å². The Kier molecular flexibility index (Phi) is 4.74. The van der Waals surface area contributed by atoms with Crippen LogP contribution in [0.3, 0.4) is 0 Å². The summed E-state index contributed by atoms with van der Waals surface area (Å²) in [6, 6.07) is 10.1. The molecule has 0 saturated carbocycles. The van der Waals surface area contributed by atoms with Gasteiger partial charge in [-0.15, -0.1) is 0 Å². The molecule has 0 radical (unpaired) electrons. The van der Waals surface area contributed by atoms with Gasteiger partial charge in [-0.05, 0) is 37.1 Å². The summed E-state index contributed by atoms with van der Waals surface area (Å²) in [5, 5.41) is 3.30. The fourth-order valence-electron chi connectivity index (χ4n) is 2.05. The quantitative estimate of drug-likeness (QED) is 0.883. The van der Waals surface area contributed by atoms with Crippen LogP contribution in [-0.2, 0) is 6.42 Å². The molecule has 4 nitrogen and oxygen atoms in total. The van der Waals surface area contributed by atoms with Crippen molar-refractivity contribution in [1.29, 1.82) is 0 Å². The van der Waals surface area contributed by atoms with E-state index in [1.807, 2.05) is 12.1 Å². The van der Waals surface area contributed by atoms with Crippen LogP contribution in [0.4, 0.5) is 5.69 Å². The summed E-state index contributed by atoms with van der Waals surface area (Å²) >= 11 is 3.46. The number of carbonyl (C=O) groups excluding carboxylic acids is 1. The fraction of sp³-hybridized carbons (Fsp3) is 0.200. The maximum absolute atomic E-state index is 11.3. The van der Waals surface area contributed by atoms with E-state index >= 15 is 0 Å². The number of rotatable bonds is 5. The van der Waals surface area contributed by atoms with Crippen molar-refractivity contribution in [2.24, 2.45) is 5.73 Å². The number of halogens is 1. The van der Waals surface area contributed by atoms with Crippen molar-refractivity contribution in [3.05, 3.63) is 58.3 Å². The maximum atomic E-state index is 11.3. The van der Waals surface area contributed by atoms with Crippen molar-refractivity contribution in [2.75, 3.05) is 5.32 Å². The molecule has 1 unspecified atom stereocenters. The minimum absolute atomic E-state index is 0.171. The molecule has 104 valence electrons. The lowest BCUT2D eigenvalue weighted by molar-refractivity contribution is 0.100. The number of nitrogens with two attached hydrogens (primary N) is 1. The highest BCUT2D eigenvalue weighted by Gasteiger charge is 2.10. The smallest absolute Gasteiger partial charge is 0.252 e. The highest BCUT2D eigenvalue weighted by atomic mass is 79.9. The molecule has 0 aliphatic rings. The number of carbonyl (C=O) groups is 1. The summed E-state index contributed by atoms with van der Waals surface area (Å²) in [5.74, 6) is -0.477. The second kappa shape index (κ2) is 6.52. The molecular formula is C15H16BrN3O. The molecule has 1 amide bonds. The molecule has 0 aliphatic heterocycles. The third kappa shape index (κ3) is 3.81. The first kappa shape index (κ1) is 14.5. The van der Waals surface area contributed by atoms with E-state index in [4.69, 9.17) is 5.73 Å². The average Bonchev–Trinajstić information content (AvgIpc) is 2.38. The Hall–Kier alpha value is -1.88. The number of nitrogens with one attached hydrogen (secondary N) is 1. The molecule has 0 bridgehead atoms. The van der Waals surface area contributed by atoms with Gasteiger partial charge in [-0.3, -0.25) is 9.78 Å². The molecule has 1 aromatic heterocycles. The minimum Gasteiger partial charge on any atom is -0.382 e. The van der Waals surface area contributed by atoms with E-state index in [-0.39, 0.29) is 6.04 Å². The van der Waals surface area contributed by atoms with Crippen molar-refractivity contribution in [2.45, 2.75) is 19.4 Å². The van der Waals surface area contributed by atoms with Crippen LogP contribution in [-0.4, -0.2) is 16.9 Å². The monoisotopic (exact) mass is 333 g/mol. The summed E-state index contributed by atoms with van der Waals surface area (Å²) < 4.78 is 1.06. The summed E-state index contributed by atoms with van der Waals surface area (Å²) in [5.41, 5.74) is 7.68. The summed E-state index contributed by atoms with van der Waals surface area (Å²) in [7, 11) is 0. The molecule has 1 atom stereocenters. The van der Waals surface area contributed by atoms with E-state index in [0.29, 0.717) is 5.56 Å². The first-order valence-electron chi connectivity index (χ1n) is 6.31. The number of primary amides is 1. The molecule has 2 rings (SSSR count). The Morgan fingerprint density at radius 1 is 1.45 bits per heavy atom. The highest BCUT2D eigenvalue weighted by Crippen LogP contribution is 2.17. The van der Waals surface area contributed by atoms with Crippen molar-refractivity contribution in [3.8, 4) is 0 Å². The zero-order valence-corrected chi connectivity index (χ0v) is 12.7. The zero-order chi connectivity index (χ0) is 14.5. The second-order valence-corrected chi connectivity index (χ2v) is 5.58. The van der Waals surface area contributed by atoms with Gasteiger partial charge in [0.1, 0.15) is 0 Å². The van der Waals surface area contributed by atoms with Crippen LogP contribution in [0.1, 0.15) is 22.8 Å². The standard InChI is InChI=1S/C15H16BrN3O/c1-10(7-11-3-2-4-12(16)8-11)19-14-5-6-18-9-13(14)15(17)20/h2-6,8-10H,7H2,1H3,(H2,17,20)(H,18,19). The van der Waals surface area contributed by atoms with Crippen LogP contribution in [0.15, 0.2) is 47.2 Å². The van der Waals surface area contributed by atoms with Gasteiger partial charge < -0.3 is 11.1 Å². The van der Waals surface area contributed by atoms with Gasteiger partial charge in [-0.1, -0.05) is 28.1 Å². The first-order valence-corrected chi connectivity index (χ1v) is 7.10. The van der Waals surface area contributed by atoms with Crippen LogP contribution in [0.2, 0.25) is 0 Å². The molecule has 5 heteroatoms. The lowest BCUT2D eigenvalue weighted by Gasteiger charge is -2.17. The van der Waals surface area contributed by atoms with Crippen LogP contribution >= 0.6 is 15.9 Å². The lowest BCUT2D eigenvalue weighted by atomic mass is 10.1. The molecule has 0 aliphatic carbocycles. The first-order chi connectivity index (χ1) is 9.56. The van der Waals surface area contributed by atoms with Crippen LogP contribution in [0, 0.1) is 0 Å². The largest absolute Gasteiger partial charge is 0.382 e. The molecule has 2 aromatic rings. The van der Waals surface area contributed by atoms with Crippen molar-refractivity contribution >= 4 is 27.5 Å². The third-order valence-electron chi connectivity index (χ3n) is 2.92. The summed E-state index contributed by atoms with van der Waals surface area (Å²) in [6.45, 7) is 2.06. The number of amides is 1.